The summed E-state index contributed by atoms with van der Waals surface area (Å²) in [5.41, 5.74) is -3.62. The zero-order chi connectivity index (χ0) is 12.7. The number of carbonyl (C=O) groups is 1. The van der Waals surface area contributed by atoms with Crippen molar-refractivity contribution in [2.75, 3.05) is 0 Å². The number of aromatic amines is 1. The van der Waals surface area contributed by atoms with Gasteiger partial charge in [-0.3, -0.25) is 14.3 Å². The average Bonchev–Trinajstić information content (AvgIpc) is 2.25. The molecule has 0 bridgehead atoms. The van der Waals surface area contributed by atoms with Crippen LogP contribution >= 0.6 is 0 Å². The van der Waals surface area contributed by atoms with Crippen LogP contribution in [0.3, 0.4) is 0 Å². The second kappa shape index (κ2) is 3.44. The summed E-state index contributed by atoms with van der Waals surface area (Å²) >= 11 is 0. The molecule has 0 saturated carbocycles. The van der Waals surface area contributed by atoms with Gasteiger partial charge in [0.15, 0.2) is 0 Å². The van der Waals surface area contributed by atoms with E-state index in [0.717, 1.165) is 10.6 Å². The largest absolute Gasteiger partial charge is 0.477 e. The first-order valence-electron chi connectivity index (χ1n) is 4.42. The van der Waals surface area contributed by atoms with Crippen LogP contribution in [0, 0.1) is 0 Å². The fourth-order valence-corrected chi connectivity index (χ4v) is 1.36. The molecule has 0 aliphatic carbocycles. The number of H-pyrrole nitrogens is 1. The summed E-state index contributed by atoms with van der Waals surface area (Å²) in [7, 11) is 1.28. The van der Waals surface area contributed by atoms with Gasteiger partial charge < -0.3 is 9.52 Å². The van der Waals surface area contributed by atoms with Crippen LogP contribution in [0.2, 0.25) is 0 Å². The van der Waals surface area contributed by atoms with Crippen molar-refractivity contribution in [3.05, 3.63) is 42.9 Å². The van der Waals surface area contributed by atoms with E-state index < -0.39 is 28.4 Å². The molecule has 0 unspecified atom stereocenters. The van der Waals surface area contributed by atoms with Crippen LogP contribution in [0.1, 0.15) is 10.4 Å². The van der Waals surface area contributed by atoms with Gasteiger partial charge in [0.1, 0.15) is 10.9 Å². The van der Waals surface area contributed by atoms with E-state index in [0.29, 0.717) is 0 Å². The number of nitrogens with zero attached hydrogens (tertiary/aromatic N) is 1. The van der Waals surface area contributed by atoms with Crippen LogP contribution in [-0.4, -0.2) is 20.6 Å². The Kier molecular flexibility index (Phi) is 2.20. The Morgan fingerprint density at radius 1 is 1.41 bits per heavy atom. The maximum atomic E-state index is 11.4. The molecule has 88 valence electrons. The van der Waals surface area contributed by atoms with E-state index in [1.54, 1.807) is 0 Å². The Bertz CT molecular complexity index is 794. The Hall–Kier alpha value is -2.64. The lowest BCUT2D eigenvalue weighted by molar-refractivity contribution is 0.0692. The van der Waals surface area contributed by atoms with Crippen LogP contribution in [-0.2, 0) is 7.05 Å². The molecule has 17 heavy (non-hydrogen) atoms. The van der Waals surface area contributed by atoms with Crippen molar-refractivity contribution in [1.82, 2.24) is 9.55 Å². The molecule has 8 nitrogen and oxygen atoms in total. The Morgan fingerprint density at radius 3 is 2.65 bits per heavy atom. The van der Waals surface area contributed by atoms with Gasteiger partial charge in [0, 0.05) is 7.05 Å². The first-order valence-corrected chi connectivity index (χ1v) is 4.42. The molecule has 0 amide bonds. The smallest absolute Gasteiger partial charge is 0.352 e. The summed E-state index contributed by atoms with van der Waals surface area (Å²) in [6.07, 6.45) is 0. The number of carboxylic acid groups (broad SMARTS) is 1. The molecule has 0 atom stereocenters. The number of nitrogens with one attached hydrogen (secondary N) is 1. The van der Waals surface area contributed by atoms with Crippen molar-refractivity contribution in [3.63, 3.8) is 0 Å². The van der Waals surface area contributed by atoms with Crippen LogP contribution in [0.5, 0.6) is 0 Å². The second-order valence-electron chi connectivity index (χ2n) is 3.29. The number of rotatable bonds is 1. The molecule has 0 aliphatic heterocycles. The lowest BCUT2D eigenvalue weighted by atomic mass is 10.2. The van der Waals surface area contributed by atoms with Crippen molar-refractivity contribution in [3.8, 4) is 0 Å². The van der Waals surface area contributed by atoms with Gasteiger partial charge in [-0.1, -0.05) is 0 Å². The molecule has 2 aromatic heterocycles. The van der Waals surface area contributed by atoms with E-state index in [4.69, 9.17) is 5.11 Å². The molecule has 0 fully saturated rings. The van der Waals surface area contributed by atoms with E-state index in [9.17, 15) is 19.2 Å². The normalized spacial score (nSPS) is 10.6. The fourth-order valence-electron chi connectivity index (χ4n) is 1.36. The third-order valence-corrected chi connectivity index (χ3v) is 2.23. The Balaban J connectivity index is 3.09. The standard InChI is InChI=1S/C9H6N2O6/c1-11-6-3(5(12)10-9(11)16)2-4(7(13)14)8(15)17-6/h2H,1H3,(H,13,14)(H,10,12,16). The van der Waals surface area contributed by atoms with Gasteiger partial charge in [-0.25, -0.2) is 14.4 Å². The topological polar surface area (TPSA) is 122 Å². The van der Waals surface area contributed by atoms with E-state index in [-0.39, 0.29) is 11.1 Å². The van der Waals surface area contributed by atoms with E-state index in [1.807, 2.05) is 4.98 Å². The predicted molar refractivity (Wildman–Crippen MR) is 55.3 cm³/mol. The van der Waals surface area contributed by atoms with E-state index >= 15 is 0 Å². The quantitative estimate of drug-likeness (QED) is 0.648. The van der Waals surface area contributed by atoms with Gasteiger partial charge in [0.2, 0.25) is 5.71 Å². The lowest BCUT2D eigenvalue weighted by Crippen LogP contribution is -2.30. The summed E-state index contributed by atoms with van der Waals surface area (Å²) in [5.74, 6) is -1.51. The van der Waals surface area contributed by atoms with E-state index in [2.05, 4.69) is 4.42 Å². The lowest BCUT2D eigenvalue weighted by Gasteiger charge is -2.01. The third-order valence-electron chi connectivity index (χ3n) is 2.23. The summed E-state index contributed by atoms with van der Waals surface area (Å²) in [6.45, 7) is 0. The van der Waals surface area contributed by atoms with Crippen molar-refractivity contribution >= 4 is 17.1 Å². The molecular formula is C9H6N2O6. The number of hydrogen-bond acceptors (Lipinski definition) is 5. The predicted octanol–water partition coefficient (Wildman–Crippen LogP) is -1.12. The molecular weight excluding hydrogens is 232 g/mol. The minimum Gasteiger partial charge on any atom is -0.477 e. The fraction of sp³-hybridized carbons (Fsp3) is 0.111. The summed E-state index contributed by atoms with van der Waals surface area (Å²) < 4.78 is 5.56. The number of aryl methyl sites for hydroxylation is 1. The maximum Gasteiger partial charge on any atom is 0.352 e. The van der Waals surface area contributed by atoms with Crippen LogP contribution < -0.4 is 16.9 Å². The van der Waals surface area contributed by atoms with Gasteiger partial charge in [-0.2, -0.15) is 0 Å². The maximum absolute atomic E-state index is 11.4. The molecule has 2 rings (SSSR count). The highest BCUT2D eigenvalue weighted by Crippen LogP contribution is 2.05. The monoisotopic (exact) mass is 238 g/mol. The molecule has 0 radical (unpaired) electrons. The summed E-state index contributed by atoms with van der Waals surface area (Å²) in [5, 5.41) is 8.52. The van der Waals surface area contributed by atoms with Gasteiger partial charge >= 0.3 is 17.3 Å². The average molecular weight is 238 g/mol. The summed E-state index contributed by atoms with van der Waals surface area (Å²) in [4.78, 5) is 46.6. The molecule has 2 aromatic rings. The molecule has 8 heteroatoms. The van der Waals surface area contributed by atoms with Crippen molar-refractivity contribution in [2.45, 2.75) is 0 Å². The number of hydrogen-bond donors (Lipinski definition) is 2. The highest BCUT2D eigenvalue weighted by Gasteiger charge is 2.15. The van der Waals surface area contributed by atoms with Crippen LogP contribution in [0.4, 0.5) is 0 Å². The Labute approximate surface area is 91.7 Å². The molecule has 0 aromatic carbocycles. The van der Waals surface area contributed by atoms with Gasteiger partial charge in [0.25, 0.3) is 5.56 Å². The number of aromatic nitrogens is 2. The van der Waals surface area contributed by atoms with Crippen molar-refractivity contribution < 1.29 is 14.3 Å². The van der Waals surface area contributed by atoms with Crippen LogP contribution in [0.15, 0.2) is 24.9 Å². The molecule has 2 N–H and O–H groups in total. The first kappa shape index (κ1) is 10.9. The number of fused-ring (bicyclic) bond motifs is 1. The van der Waals surface area contributed by atoms with E-state index in [1.165, 1.54) is 7.05 Å². The third kappa shape index (κ3) is 1.55. The number of carboxylic acids is 1. The molecule has 0 aliphatic rings. The highest BCUT2D eigenvalue weighted by molar-refractivity contribution is 5.90. The summed E-state index contributed by atoms with van der Waals surface area (Å²) in [6, 6.07) is 0.877. The van der Waals surface area contributed by atoms with Crippen molar-refractivity contribution in [2.24, 2.45) is 7.05 Å². The molecule has 2 heterocycles. The van der Waals surface area contributed by atoms with Crippen LogP contribution in [0.25, 0.3) is 11.1 Å². The second-order valence-corrected chi connectivity index (χ2v) is 3.29. The zero-order valence-electron chi connectivity index (χ0n) is 8.51. The number of aromatic carboxylic acids is 1. The Morgan fingerprint density at radius 2 is 2.06 bits per heavy atom. The van der Waals surface area contributed by atoms with Gasteiger partial charge in [-0.05, 0) is 6.07 Å². The minimum atomic E-state index is -1.51. The first-order chi connectivity index (χ1) is 7.91. The SMILES string of the molecule is Cn1c(=O)[nH]c(=O)c2cc(C(=O)O)c(=O)oc21. The molecule has 0 spiro atoms. The zero-order valence-corrected chi connectivity index (χ0v) is 8.51. The minimum absolute atomic E-state index is 0.177. The molecule has 0 saturated heterocycles. The van der Waals surface area contributed by atoms with Gasteiger partial charge in [0.05, 0.1) is 0 Å². The van der Waals surface area contributed by atoms with Gasteiger partial charge in [-0.15, -0.1) is 0 Å². The highest BCUT2D eigenvalue weighted by atomic mass is 16.4. The van der Waals surface area contributed by atoms with Crippen molar-refractivity contribution in [1.29, 1.82) is 0 Å².